The van der Waals surface area contributed by atoms with E-state index in [4.69, 9.17) is 5.73 Å². The fraction of sp³-hybridized carbons (Fsp3) is 0.750. The lowest BCUT2D eigenvalue weighted by molar-refractivity contribution is 0.406. The van der Waals surface area contributed by atoms with E-state index in [0.29, 0.717) is 11.5 Å². The quantitative estimate of drug-likeness (QED) is 0.762. The Labute approximate surface area is 91.7 Å². The molecule has 0 amide bonds. The second-order valence-corrected chi connectivity index (χ2v) is 5.84. The van der Waals surface area contributed by atoms with Crippen molar-refractivity contribution in [3.8, 4) is 0 Å². The maximum atomic E-state index is 5.94. The van der Waals surface area contributed by atoms with Crippen LogP contribution in [0.3, 0.4) is 0 Å². The summed E-state index contributed by atoms with van der Waals surface area (Å²) in [6.45, 7) is 7.68. The van der Waals surface area contributed by atoms with Crippen LogP contribution in [0.25, 0.3) is 0 Å². The lowest BCUT2D eigenvalue weighted by atomic mass is 9.91. The largest absolute Gasteiger partial charge is 0.333 e. The van der Waals surface area contributed by atoms with Gasteiger partial charge in [-0.25, -0.2) is 4.98 Å². The highest BCUT2D eigenvalue weighted by Crippen LogP contribution is 2.22. The monoisotopic (exact) mass is 207 g/mol. The summed E-state index contributed by atoms with van der Waals surface area (Å²) in [6.07, 6.45) is 5.33. The minimum absolute atomic E-state index is 0.312. The SMILES string of the molecule is CC(C)(C)Cc1cn2c(n1)CCC(N)C2. The second-order valence-electron chi connectivity index (χ2n) is 5.84. The third-order valence-electron chi connectivity index (χ3n) is 2.79. The molecule has 2 N–H and O–H groups in total. The number of imidazole rings is 1. The fourth-order valence-corrected chi connectivity index (χ4v) is 2.16. The first-order chi connectivity index (χ1) is 6.94. The van der Waals surface area contributed by atoms with Crippen molar-refractivity contribution in [1.29, 1.82) is 0 Å². The first-order valence-electron chi connectivity index (χ1n) is 5.74. The number of hydrogen-bond acceptors (Lipinski definition) is 2. The van der Waals surface area contributed by atoms with E-state index in [9.17, 15) is 0 Å². The van der Waals surface area contributed by atoms with E-state index in [2.05, 4.69) is 36.5 Å². The first-order valence-corrected chi connectivity index (χ1v) is 5.74. The summed E-state index contributed by atoms with van der Waals surface area (Å²) in [7, 11) is 0. The van der Waals surface area contributed by atoms with Gasteiger partial charge in [-0.1, -0.05) is 20.8 Å². The van der Waals surface area contributed by atoms with Crippen LogP contribution in [0.15, 0.2) is 6.20 Å². The number of nitrogens with zero attached hydrogens (tertiary/aromatic N) is 2. The number of rotatable bonds is 1. The summed E-state index contributed by atoms with van der Waals surface area (Å²) < 4.78 is 2.23. The van der Waals surface area contributed by atoms with E-state index in [1.165, 1.54) is 11.5 Å². The number of fused-ring (bicyclic) bond motifs is 1. The summed E-state index contributed by atoms with van der Waals surface area (Å²) in [6, 6.07) is 0.314. The number of aryl methyl sites for hydroxylation is 1. The normalized spacial score (nSPS) is 21.5. The molecule has 84 valence electrons. The van der Waals surface area contributed by atoms with E-state index in [-0.39, 0.29) is 0 Å². The Bertz CT molecular complexity index is 346. The maximum absolute atomic E-state index is 5.94. The smallest absolute Gasteiger partial charge is 0.109 e. The van der Waals surface area contributed by atoms with E-state index >= 15 is 0 Å². The molecule has 0 saturated heterocycles. The Morgan fingerprint density at radius 3 is 2.93 bits per heavy atom. The zero-order valence-corrected chi connectivity index (χ0v) is 9.95. The van der Waals surface area contributed by atoms with Crippen LogP contribution >= 0.6 is 0 Å². The summed E-state index contributed by atoms with van der Waals surface area (Å²) in [5, 5.41) is 0. The van der Waals surface area contributed by atoms with Crippen LogP contribution in [-0.2, 0) is 19.4 Å². The highest BCUT2D eigenvalue weighted by atomic mass is 15.1. The van der Waals surface area contributed by atoms with Crippen molar-refractivity contribution in [2.24, 2.45) is 11.1 Å². The van der Waals surface area contributed by atoms with Gasteiger partial charge >= 0.3 is 0 Å². The Balaban J connectivity index is 2.16. The topological polar surface area (TPSA) is 43.8 Å². The molecule has 2 rings (SSSR count). The van der Waals surface area contributed by atoms with Gasteiger partial charge in [-0.15, -0.1) is 0 Å². The van der Waals surface area contributed by atoms with Crippen molar-refractivity contribution < 1.29 is 0 Å². The first kappa shape index (κ1) is 10.7. The van der Waals surface area contributed by atoms with Crippen molar-refractivity contribution in [3.05, 3.63) is 17.7 Å². The average Bonchev–Trinajstić information content (AvgIpc) is 2.42. The number of nitrogens with two attached hydrogens (primary N) is 1. The van der Waals surface area contributed by atoms with Crippen LogP contribution in [-0.4, -0.2) is 15.6 Å². The molecule has 3 heteroatoms. The molecule has 1 aromatic rings. The molecule has 0 bridgehead atoms. The predicted molar refractivity (Wildman–Crippen MR) is 61.7 cm³/mol. The van der Waals surface area contributed by atoms with Gasteiger partial charge in [0.15, 0.2) is 0 Å². The molecule has 0 saturated carbocycles. The molecule has 2 heterocycles. The molecule has 0 spiro atoms. The van der Waals surface area contributed by atoms with Crippen LogP contribution < -0.4 is 5.73 Å². The Kier molecular flexibility index (Phi) is 2.59. The molecular weight excluding hydrogens is 186 g/mol. The molecule has 0 radical (unpaired) electrons. The molecule has 1 aromatic heterocycles. The Hall–Kier alpha value is -0.830. The van der Waals surface area contributed by atoms with Gasteiger partial charge in [0, 0.05) is 25.2 Å². The molecule has 3 nitrogen and oxygen atoms in total. The van der Waals surface area contributed by atoms with Crippen LogP contribution in [0.4, 0.5) is 0 Å². The zero-order valence-electron chi connectivity index (χ0n) is 9.95. The summed E-state index contributed by atoms with van der Waals surface area (Å²) in [4.78, 5) is 4.68. The standard InChI is InChI=1S/C12H21N3/c1-12(2,3)6-10-8-15-7-9(13)4-5-11(15)14-10/h8-9H,4-7,13H2,1-3H3. The zero-order chi connectivity index (χ0) is 11.1. The molecule has 0 aliphatic carbocycles. The third-order valence-corrected chi connectivity index (χ3v) is 2.79. The third kappa shape index (κ3) is 2.59. The van der Waals surface area contributed by atoms with Crippen molar-refractivity contribution in [2.75, 3.05) is 0 Å². The van der Waals surface area contributed by atoms with Gasteiger partial charge in [0.25, 0.3) is 0 Å². The summed E-state index contributed by atoms with van der Waals surface area (Å²) >= 11 is 0. The van der Waals surface area contributed by atoms with Crippen LogP contribution in [0.2, 0.25) is 0 Å². The van der Waals surface area contributed by atoms with E-state index < -0.39 is 0 Å². The van der Waals surface area contributed by atoms with Gasteiger partial charge in [0.05, 0.1) is 5.69 Å². The van der Waals surface area contributed by atoms with Gasteiger partial charge in [0.2, 0.25) is 0 Å². The van der Waals surface area contributed by atoms with Gasteiger partial charge in [-0.2, -0.15) is 0 Å². The van der Waals surface area contributed by atoms with Crippen LogP contribution in [0, 0.1) is 5.41 Å². The molecular formula is C12H21N3. The van der Waals surface area contributed by atoms with Gasteiger partial charge in [0.1, 0.15) is 5.82 Å². The van der Waals surface area contributed by atoms with Crippen LogP contribution in [0.5, 0.6) is 0 Å². The lowest BCUT2D eigenvalue weighted by Gasteiger charge is -2.19. The number of hydrogen-bond donors (Lipinski definition) is 1. The number of aromatic nitrogens is 2. The second kappa shape index (κ2) is 3.63. The molecule has 0 aromatic carbocycles. The Morgan fingerprint density at radius 2 is 2.27 bits per heavy atom. The van der Waals surface area contributed by atoms with Gasteiger partial charge in [-0.3, -0.25) is 0 Å². The Morgan fingerprint density at radius 1 is 1.53 bits per heavy atom. The average molecular weight is 207 g/mol. The molecule has 1 aliphatic rings. The summed E-state index contributed by atoms with van der Waals surface area (Å²) in [5.41, 5.74) is 7.46. The minimum Gasteiger partial charge on any atom is -0.333 e. The minimum atomic E-state index is 0.312. The molecule has 15 heavy (non-hydrogen) atoms. The van der Waals surface area contributed by atoms with Crippen molar-refractivity contribution in [1.82, 2.24) is 9.55 Å². The van der Waals surface area contributed by atoms with E-state index in [1.807, 2.05) is 0 Å². The predicted octanol–water partition coefficient (Wildman–Crippen LogP) is 1.75. The van der Waals surface area contributed by atoms with E-state index in [0.717, 1.165) is 25.8 Å². The van der Waals surface area contributed by atoms with Gasteiger partial charge in [-0.05, 0) is 18.3 Å². The maximum Gasteiger partial charge on any atom is 0.109 e. The van der Waals surface area contributed by atoms with Gasteiger partial charge < -0.3 is 10.3 Å². The molecule has 1 unspecified atom stereocenters. The van der Waals surface area contributed by atoms with Crippen molar-refractivity contribution in [2.45, 2.75) is 52.6 Å². The summed E-state index contributed by atoms with van der Waals surface area (Å²) in [5.74, 6) is 1.22. The highest BCUT2D eigenvalue weighted by molar-refractivity contribution is 5.08. The molecule has 0 fully saturated rings. The van der Waals surface area contributed by atoms with Crippen molar-refractivity contribution in [3.63, 3.8) is 0 Å². The van der Waals surface area contributed by atoms with E-state index in [1.54, 1.807) is 0 Å². The molecule has 1 aliphatic heterocycles. The molecule has 1 atom stereocenters. The van der Waals surface area contributed by atoms with Crippen LogP contribution in [0.1, 0.15) is 38.7 Å². The highest BCUT2D eigenvalue weighted by Gasteiger charge is 2.19. The lowest BCUT2D eigenvalue weighted by Crippen LogP contribution is -2.31. The van der Waals surface area contributed by atoms with Crippen molar-refractivity contribution >= 4 is 0 Å². The fourth-order valence-electron chi connectivity index (χ4n) is 2.16.